The predicted molar refractivity (Wildman–Crippen MR) is 107 cm³/mol. The highest BCUT2D eigenvalue weighted by Gasteiger charge is 2.41. The Morgan fingerprint density at radius 2 is 0.897 bits per heavy atom. The summed E-state index contributed by atoms with van der Waals surface area (Å²) >= 11 is 0. The fourth-order valence-corrected chi connectivity index (χ4v) is 3.88. The van der Waals surface area contributed by atoms with Gasteiger partial charge in [0, 0.05) is 0 Å². The molecule has 1 saturated heterocycles. The molecule has 1 heterocycles. The summed E-state index contributed by atoms with van der Waals surface area (Å²) in [7, 11) is 5.99. The fraction of sp³-hybridized carbons (Fsp3) is 0.455. The Labute approximate surface area is 170 Å². The van der Waals surface area contributed by atoms with Crippen molar-refractivity contribution in [1.82, 2.24) is 0 Å². The van der Waals surface area contributed by atoms with Gasteiger partial charge >= 0.3 is 0 Å². The monoisotopic (exact) mass is 404 g/mol. The maximum absolute atomic E-state index is 10.2. The molecule has 0 spiro atoms. The van der Waals surface area contributed by atoms with E-state index in [9.17, 15) is 10.2 Å². The number of methoxy groups -OCH3 is 4. The third kappa shape index (κ3) is 3.62. The van der Waals surface area contributed by atoms with Crippen molar-refractivity contribution in [3.8, 4) is 34.5 Å². The molecule has 2 N–H and O–H groups in total. The summed E-state index contributed by atoms with van der Waals surface area (Å²) in [6.45, 7) is 4.24. The Hall–Kier alpha value is -2.80. The quantitative estimate of drug-likeness (QED) is 0.745. The van der Waals surface area contributed by atoms with Gasteiger partial charge in [0.1, 0.15) is 0 Å². The maximum atomic E-state index is 10.2. The summed E-state index contributed by atoms with van der Waals surface area (Å²) in [6, 6.07) is 7.08. The van der Waals surface area contributed by atoms with Crippen molar-refractivity contribution >= 4 is 0 Å². The summed E-state index contributed by atoms with van der Waals surface area (Å²) in [5.74, 6) is 1.59. The van der Waals surface area contributed by atoms with E-state index in [1.165, 1.54) is 28.4 Å². The minimum Gasteiger partial charge on any atom is -0.502 e. The van der Waals surface area contributed by atoms with Gasteiger partial charge in [-0.05, 0) is 47.2 Å². The van der Waals surface area contributed by atoms with Gasteiger partial charge in [0.25, 0.3) is 0 Å². The molecule has 0 aliphatic carbocycles. The molecule has 0 unspecified atom stereocenters. The van der Waals surface area contributed by atoms with E-state index in [2.05, 4.69) is 13.8 Å². The van der Waals surface area contributed by atoms with Crippen LogP contribution in [0.3, 0.4) is 0 Å². The van der Waals surface area contributed by atoms with Crippen LogP contribution in [0.25, 0.3) is 0 Å². The minimum absolute atomic E-state index is 0.0398. The smallest absolute Gasteiger partial charge is 0.200 e. The number of hydrogen-bond acceptors (Lipinski definition) is 7. The van der Waals surface area contributed by atoms with E-state index in [0.29, 0.717) is 23.0 Å². The van der Waals surface area contributed by atoms with Gasteiger partial charge < -0.3 is 33.9 Å². The van der Waals surface area contributed by atoms with E-state index in [-0.39, 0.29) is 35.5 Å². The van der Waals surface area contributed by atoms with Crippen molar-refractivity contribution in [2.75, 3.05) is 28.4 Å². The van der Waals surface area contributed by atoms with E-state index in [4.69, 9.17) is 23.7 Å². The molecule has 1 aliphatic heterocycles. The molecule has 29 heavy (non-hydrogen) atoms. The van der Waals surface area contributed by atoms with Crippen molar-refractivity contribution in [3.05, 3.63) is 35.4 Å². The molecule has 0 aromatic heterocycles. The normalized spacial score (nSPS) is 23.7. The number of aromatic hydroxyl groups is 2. The van der Waals surface area contributed by atoms with Gasteiger partial charge in [0.2, 0.25) is 11.5 Å². The van der Waals surface area contributed by atoms with Gasteiger partial charge in [0.05, 0.1) is 40.6 Å². The second-order valence-electron chi connectivity index (χ2n) is 7.24. The molecule has 7 nitrogen and oxygen atoms in total. The summed E-state index contributed by atoms with van der Waals surface area (Å²) in [4.78, 5) is 0. The van der Waals surface area contributed by atoms with E-state index in [1.807, 2.05) is 0 Å². The second kappa shape index (κ2) is 8.29. The highest BCUT2D eigenvalue weighted by atomic mass is 16.5. The molecule has 0 saturated carbocycles. The fourth-order valence-electron chi connectivity index (χ4n) is 3.88. The standard InChI is InChI=1S/C22H28O7/c1-11-12(2)22(14-9-17(27-5)20(24)18(10-14)28-6)29-21(11)13-7-15(25-3)19(23)16(8-13)26-4/h7-12,21-24H,1-6H3/t11-,12-,21-,22-/m0/s1. The van der Waals surface area contributed by atoms with Crippen molar-refractivity contribution < 1.29 is 33.9 Å². The lowest BCUT2D eigenvalue weighted by Gasteiger charge is -2.19. The molecule has 1 aliphatic rings. The van der Waals surface area contributed by atoms with E-state index in [1.54, 1.807) is 24.3 Å². The SMILES string of the molecule is COc1cc([C@H]2O[C@H](c3cc(OC)c(O)c(OC)c3)[C@@H](C)[C@@H]2C)cc(OC)c1O. The van der Waals surface area contributed by atoms with Crippen LogP contribution in [0.5, 0.6) is 34.5 Å². The van der Waals surface area contributed by atoms with Crippen LogP contribution in [0.2, 0.25) is 0 Å². The molecule has 3 rings (SSSR count). The molecule has 0 bridgehead atoms. The molecule has 4 atom stereocenters. The topological polar surface area (TPSA) is 86.6 Å². The van der Waals surface area contributed by atoms with Gasteiger partial charge in [-0.1, -0.05) is 13.8 Å². The molecule has 7 heteroatoms. The highest BCUT2D eigenvalue weighted by Crippen LogP contribution is 2.52. The van der Waals surface area contributed by atoms with Gasteiger partial charge in [-0.3, -0.25) is 0 Å². The van der Waals surface area contributed by atoms with E-state index < -0.39 is 0 Å². The molecule has 0 radical (unpaired) electrons. The summed E-state index contributed by atoms with van der Waals surface area (Å²) in [5, 5.41) is 20.4. The molecule has 1 fully saturated rings. The third-order valence-corrected chi connectivity index (χ3v) is 5.74. The van der Waals surface area contributed by atoms with Gasteiger partial charge in [-0.15, -0.1) is 0 Å². The summed E-state index contributed by atoms with van der Waals surface area (Å²) in [5.41, 5.74) is 1.71. The Morgan fingerprint density at radius 1 is 0.621 bits per heavy atom. The molecular formula is C22H28O7. The first-order valence-corrected chi connectivity index (χ1v) is 9.41. The van der Waals surface area contributed by atoms with Crippen LogP contribution in [-0.2, 0) is 4.74 Å². The van der Waals surface area contributed by atoms with Crippen LogP contribution in [-0.4, -0.2) is 38.7 Å². The van der Waals surface area contributed by atoms with Crippen LogP contribution in [0.4, 0.5) is 0 Å². The first-order chi connectivity index (χ1) is 13.9. The van der Waals surface area contributed by atoms with Crippen LogP contribution in [0, 0.1) is 11.8 Å². The molecule has 158 valence electrons. The largest absolute Gasteiger partial charge is 0.502 e. The van der Waals surface area contributed by atoms with E-state index >= 15 is 0 Å². The zero-order valence-electron chi connectivity index (χ0n) is 17.6. The van der Waals surface area contributed by atoms with Gasteiger partial charge in [0.15, 0.2) is 23.0 Å². The summed E-state index contributed by atoms with van der Waals surface area (Å²) < 4.78 is 27.6. The average Bonchev–Trinajstić information content (AvgIpc) is 3.03. The number of ether oxygens (including phenoxy) is 5. The molecule has 2 aromatic rings. The van der Waals surface area contributed by atoms with Crippen LogP contribution in [0.1, 0.15) is 37.2 Å². The average molecular weight is 404 g/mol. The van der Waals surface area contributed by atoms with Crippen LogP contribution < -0.4 is 18.9 Å². The van der Waals surface area contributed by atoms with Crippen molar-refractivity contribution in [3.63, 3.8) is 0 Å². The highest BCUT2D eigenvalue weighted by molar-refractivity contribution is 5.55. The Balaban J connectivity index is 2.00. The molecule has 2 aromatic carbocycles. The van der Waals surface area contributed by atoms with Gasteiger partial charge in [-0.2, -0.15) is 0 Å². The number of hydrogen-bond donors (Lipinski definition) is 2. The minimum atomic E-state index is -0.232. The first kappa shape index (κ1) is 20.9. The Kier molecular flexibility index (Phi) is 5.98. The first-order valence-electron chi connectivity index (χ1n) is 9.41. The number of benzene rings is 2. The zero-order valence-corrected chi connectivity index (χ0v) is 17.6. The van der Waals surface area contributed by atoms with Crippen LogP contribution in [0.15, 0.2) is 24.3 Å². The zero-order chi connectivity index (χ0) is 21.3. The van der Waals surface area contributed by atoms with Crippen LogP contribution >= 0.6 is 0 Å². The number of phenolic OH excluding ortho intramolecular Hbond substituents is 2. The van der Waals surface area contributed by atoms with Crippen molar-refractivity contribution in [2.45, 2.75) is 26.1 Å². The molecular weight excluding hydrogens is 376 g/mol. The number of phenols is 2. The predicted octanol–water partition coefficient (Wildman–Crippen LogP) is 4.22. The lowest BCUT2D eigenvalue weighted by molar-refractivity contribution is 0.0285. The number of rotatable bonds is 6. The lowest BCUT2D eigenvalue weighted by atomic mass is 9.85. The molecule has 0 amide bonds. The van der Waals surface area contributed by atoms with E-state index in [0.717, 1.165) is 11.1 Å². The third-order valence-electron chi connectivity index (χ3n) is 5.74. The van der Waals surface area contributed by atoms with Crippen molar-refractivity contribution in [2.24, 2.45) is 11.8 Å². The Bertz CT molecular complexity index is 758. The second-order valence-corrected chi connectivity index (χ2v) is 7.24. The van der Waals surface area contributed by atoms with Gasteiger partial charge in [-0.25, -0.2) is 0 Å². The van der Waals surface area contributed by atoms with Crippen molar-refractivity contribution in [1.29, 1.82) is 0 Å². The Morgan fingerprint density at radius 3 is 1.14 bits per heavy atom. The lowest BCUT2D eigenvalue weighted by Crippen LogP contribution is -2.10. The maximum Gasteiger partial charge on any atom is 0.200 e. The summed E-state index contributed by atoms with van der Waals surface area (Å²) in [6.07, 6.45) is -0.464.